The Morgan fingerprint density at radius 3 is 2.26 bits per heavy atom. The molecule has 2 rings (SSSR count). The normalized spacial score (nSPS) is 32.9. The third kappa shape index (κ3) is 2.57. The first-order valence-electron chi connectivity index (χ1n) is 6.26. The molecule has 0 aromatic carbocycles. The maximum atomic E-state index is 12.1. The molecule has 2 fully saturated rings. The van der Waals surface area contributed by atoms with Crippen molar-refractivity contribution in [2.75, 3.05) is 0 Å². The maximum Gasteiger partial charge on any atom is 0.254 e. The highest BCUT2D eigenvalue weighted by molar-refractivity contribution is 6.01. The van der Waals surface area contributed by atoms with Gasteiger partial charge in [0, 0.05) is 25.2 Å². The van der Waals surface area contributed by atoms with E-state index in [0.29, 0.717) is 5.06 Å². The first kappa shape index (κ1) is 13.8. The molecular weight excluding hydrogens is 252 g/mol. The average molecular weight is 268 g/mol. The Hall–Kier alpha value is -1.60. The van der Waals surface area contributed by atoms with Gasteiger partial charge in [0.1, 0.15) is 11.9 Å². The largest absolute Gasteiger partial charge is 0.321 e. The molecule has 2 aliphatic rings. The molecule has 0 bridgehead atoms. The fraction of sp³-hybridized carbons (Fsp3) is 0.667. The van der Waals surface area contributed by atoms with Crippen molar-refractivity contribution in [2.24, 2.45) is 11.7 Å². The van der Waals surface area contributed by atoms with Crippen LogP contribution in [0.15, 0.2) is 0 Å². The van der Waals surface area contributed by atoms with Gasteiger partial charge >= 0.3 is 0 Å². The summed E-state index contributed by atoms with van der Waals surface area (Å²) < 4.78 is 0. The van der Waals surface area contributed by atoms with Gasteiger partial charge in [-0.1, -0.05) is 6.92 Å². The lowest BCUT2D eigenvalue weighted by Crippen LogP contribution is -2.43. The molecule has 0 aromatic rings. The third-order valence-corrected chi connectivity index (χ3v) is 3.57. The standard InChI is InChI=1S/C12H16N2O5/c1-6-11(13)7(15)2-3-8(12(6)18)19-14-9(16)4-5-10(14)17/h6,8,11H,2-5,13H2,1H3. The monoisotopic (exact) mass is 268 g/mol. The number of nitrogens with two attached hydrogens (primary N) is 1. The van der Waals surface area contributed by atoms with E-state index in [0.717, 1.165) is 0 Å². The zero-order valence-corrected chi connectivity index (χ0v) is 10.6. The topological polar surface area (TPSA) is 107 Å². The fourth-order valence-electron chi connectivity index (χ4n) is 2.24. The van der Waals surface area contributed by atoms with Crippen LogP contribution in [0.2, 0.25) is 0 Å². The second kappa shape index (κ2) is 5.18. The molecule has 7 nitrogen and oxygen atoms in total. The van der Waals surface area contributed by atoms with Crippen molar-refractivity contribution in [3.05, 3.63) is 0 Å². The molecule has 2 N–H and O–H groups in total. The number of nitrogens with zero attached hydrogens (tertiary/aromatic N) is 1. The minimum absolute atomic E-state index is 0.0910. The van der Waals surface area contributed by atoms with E-state index in [-0.39, 0.29) is 37.2 Å². The predicted molar refractivity (Wildman–Crippen MR) is 62.3 cm³/mol. The number of carbonyl (C=O) groups is 4. The highest BCUT2D eigenvalue weighted by atomic mass is 16.7. The van der Waals surface area contributed by atoms with Crippen molar-refractivity contribution in [2.45, 2.75) is 44.8 Å². The summed E-state index contributed by atoms with van der Waals surface area (Å²) in [5.74, 6) is -2.12. The molecule has 104 valence electrons. The van der Waals surface area contributed by atoms with Gasteiger partial charge < -0.3 is 5.73 Å². The molecule has 0 aromatic heterocycles. The Labute approximate surface area is 110 Å². The molecule has 0 spiro atoms. The smallest absolute Gasteiger partial charge is 0.254 e. The van der Waals surface area contributed by atoms with Crippen LogP contribution in [0.3, 0.4) is 0 Å². The van der Waals surface area contributed by atoms with E-state index in [4.69, 9.17) is 10.6 Å². The number of hydrogen-bond acceptors (Lipinski definition) is 6. The van der Waals surface area contributed by atoms with Crippen LogP contribution in [0.4, 0.5) is 0 Å². The van der Waals surface area contributed by atoms with Gasteiger partial charge in [-0.2, -0.15) is 5.06 Å². The summed E-state index contributed by atoms with van der Waals surface area (Å²) >= 11 is 0. The number of amides is 2. The lowest BCUT2D eigenvalue weighted by atomic mass is 9.95. The van der Waals surface area contributed by atoms with Crippen molar-refractivity contribution < 1.29 is 24.0 Å². The van der Waals surface area contributed by atoms with E-state index in [2.05, 4.69) is 0 Å². The number of hydroxylamine groups is 2. The van der Waals surface area contributed by atoms with E-state index < -0.39 is 29.9 Å². The molecule has 1 aliphatic heterocycles. The number of hydrogen-bond donors (Lipinski definition) is 1. The molecule has 3 unspecified atom stereocenters. The molecule has 1 heterocycles. The minimum atomic E-state index is -0.960. The minimum Gasteiger partial charge on any atom is -0.321 e. The van der Waals surface area contributed by atoms with Crippen LogP contribution >= 0.6 is 0 Å². The van der Waals surface area contributed by atoms with Crippen molar-refractivity contribution in [3.8, 4) is 0 Å². The predicted octanol–water partition coefficient (Wildman–Crippen LogP) is -0.669. The van der Waals surface area contributed by atoms with Crippen LogP contribution in [-0.2, 0) is 24.0 Å². The summed E-state index contributed by atoms with van der Waals surface area (Å²) in [5.41, 5.74) is 5.66. The van der Waals surface area contributed by atoms with E-state index in [1.54, 1.807) is 6.92 Å². The second-order valence-corrected chi connectivity index (χ2v) is 4.90. The Morgan fingerprint density at radius 1 is 1.11 bits per heavy atom. The van der Waals surface area contributed by atoms with Gasteiger partial charge in [0.2, 0.25) is 0 Å². The summed E-state index contributed by atoms with van der Waals surface area (Å²) in [6, 6.07) is -0.842. The highest BCUT2D eigenvalue weighted by Crippen LogP contribution is 2.22. The lowest BCUT2D eigenvalue weighted by Gasteiger charge is -2.22. The van der Waals surface area contributed by atoms with Crippen LogP contribution in [0.1, 0.15) is 32.6 Å². The Morgan fingerprint density at radius 2 is 1.68 bits per heavy atom. The van der Waals surface area contributed by atoms with E-state index in [1.165, 1.54) is 0 Å². The van der Waals surface area contributed by atoms with Crippen molar-refractivity contribution in [3.63, 3.8) is 0 Å². The molecule has 1 saturated carbocycles. The molecule has 0 radical (unpaired) electrons. The van der Waals surface area contributed by atoms with Gasteiger partial charge in [-0.15, -0.1) is 0 Å². The molecule has 1 saturated heterocycles. The zero-order valence-electron chi connectivity index (χ0n) is 10.6. The first-order valence-corrected chi connectivity index (χ1v) is 6.26. The van der Waals surface area contributed by atoms with Gasteiger partial charge in [0.15, 0.2) is 5.78 Å². The van der Waals surface area contributed by atoms with Crippen LogP contribution < -0.4 is 5.73 Å². The summed E-state index contributed by atoms with van der Waals surface area (Å²) in [6.45, 7) is 1.56. The van der Waals surface area contributed by atoms with Crippen LogP contribution in [0.25, 0.3) is 0 Å². The van der Waals surface area contributed by atoms with Crippen molar-refractivity contribution in [1.29, 1.82) is 0 Å². The molecule has 3 atom stereocenters. The average Bonchev–Trinajstić information content (AvgIpc) is 2.67. The molecule has 7 heteroatoms. The van der Waals surface area contributed by atoms with Crippen molar-refractivity contribution in [1.82, 2.24) is 5.06 Å². The zero-order chi connectivity index (χ0) is 14.2. The molecule has 1 aliphatic carbocycles. The quantitative estimate of drug-likeness (QED) is 0.526. The number of carbonyl (C=O) groups excluding carboxylic acids is 4. The fourth-order valence-corrected chi connectivity index (χ4v) is 2.24. The summed E-state index contributed by atoms with van der Waals surface area (Å²) in [7, 11) is 0. The number of ketones is 2. The summed E-state index contributed by atoms with van der Waals surface area (Å²) in [5, 5.41) is 0.649. The van der Waals surface area contributed by atoms with Gasteiger partial charge in [-0.05, 0) is 6.42 Å². The third-order valence-electron chi connectivity index (χ3n) is 3.57. The number of Topliss-reactive ketones (excluding diaryl/α,β-unsaturated/α-hetero) is 2. The first-order chi connectivity index (χ1) is 8.91. The van der Waals surface area contributed by atoms with E-state index >= 15 is 0 Å². The Kier molecular flexibility index (Phi) is 3.77. The summed E-state index contributed by atoms with van der Waals surface area (Å²) in [4.78, 5) is 51.8. The van der Waals surface area contributed by atoms with Gasteiger partial charge in [0.05, 0.1) is 6.04 Å². The second-order valence-electron chi connectivity index (χ2n) is 4.90. The van der Waals surface area contributed by atoms with Gasteiger partial charge in [-0.25, -0.2) is 0 Å². The van der Waals surface area contributed by atoms with Gasteiger partial charge in [-0.3, -0.25) is 24.0 Å². The van der Waals surface area contributed by atoms with Crippen LogP contribution in [0.5, 0.6) is 0 Å². The SMILES string of the molecule is CC1C(=O)C(ON2C(=O)CCC2=O)CCC(=O)C1N. The Balaban J connectivity index is 2.11. The van der Waals surface area contributed by atoms with E-state index in [9.17, 15) is 19.2 Å². The van der Waals surface area contributed by atoms with E-state index in [1.807, 2.05) is 0 Å². The molecule has 19 heavy (non-hydrogen) atoms. The maximum absolute atomic E-state index is 12.1. The highest BCUT2D eigenvalue weighted by Gasteiger charge is 2.40. The van der Waals surface area contributed by atoms with Crippen LogP contribution in [-0.4, -0.2) is 40.6 Å². The lowest BCUT2D eigenvalue weighted by molar-refractivity contribution is -0.203. The molecular formula is C12H16N2O5. The van der Waals surface area contributed by atoms with Gasteiger partial charge in [0.25, 0.3) is 11.8 Å². The Bertz CT molecular complexity index is 431. The number of imide groups is 1. The van der Waals surface area contributed by atoms with Crippen LogP contribution in [0, 0.1) is 5.92 Å². The molecule has 2 amide bonds. The van der Waals surface area contributed by atoms with Crippen molar-refractivity contribution >= 4 is 23.4 Å². The number of rotatable bonds is 2. The summed E-state index contributed by atoms with van der Waals surface area (Å²) in [6.07, 6.45) is -0.523.